The van der Waals surface area contributed by atoms with E-state index in [-0.39, 0.29) is 0 Å². The van der Waals surface area contributed by atoms with Crippen LogP contribution in [0.3, 0.4) is 0 Å². The SMILES string of the molecule is CCc1ccc(-c2nc(-c3ccc(N)cc3)no2)o1. The zero-order valence-corrected chi connectivity index (χ0v) is 10.5. The van der Waals surface area contributed by atoms with Crippen molar-refractivity contribution in [3.63, 3.8) is 0 Å². The number of aryl methyl sites for hydroxylation is 1. The molecular formula is C14H13N3O2. The Bertz CT molecular complexity index is 683. The Hall–Kier alpha value is -2.56. The normalized spacial score (nSPS) is 10.8. The second-order valence-electron chi connectivity index (χ2n) is 4.16. The van der Waals surface area contributed by atoms with E-state index >= 15 is 0 Å². The first kappa shape index (κ1) is 11.5. The Morgan fingerprint density at radius 3 is 2.58 bits per heavy atom. The molecule has 0 saturated heterocycles. The molecule has 19 heavy (non-hydrogen) atoms. The highest BCUT2D eigenvalue weighted by molar-refractivity contribution is 5.60. The lowest BCUT2D eigenvalue weighted by Gasteiger charge is -1.94. The fraction of sp³-hybridized carbons (Fsp3) is 0.143. The molecule has 5 heteroatoms. The summed E-state index contributed by atoms with van der Waals surface area (Å²) < 4.78 is 10.8. The number of hydrogen-bond donors (Lipinski definition) is 1. The van der Waals surface area contributed by atoms with Gasteiger partial charge in [-0.3, -0.25) is 0 Å². The van der Waals surface area contributed by atoms with Crippen molar-refractivity contribution in [2.45, 2.75) is 13.3 Å². The Morgan fingerprint density at radius 2 is 1.89 bits per heavy atom. The lowest BCUT2D eigenvalue weighted by molar-refractivity contribution is 0.412. The van der Waals surface area contributed by atoms with E-state index in [4.69, 9.17) is 14.7 Å². The number of aromatic nitrogens is 2. The Labute approximate surface area is 110 Å². The van der Waals surface area contributed by atoms with Gasteiger partial charge in [-0.15, -0.1) is 0 Å². The van der Waals surface area contributed by atoms with Gasteiger partial charge < -0.3 is 14.7 Å². The van der Waals surface area contributed by atoms with Gasteiger partial charge in [-0.05, 0) is 36.4 Å². The average molecular weight is 255 g/mol. The van der Waals surface area contributed by atoms with Crippen LogP contribution in [0.4, 0.5) is 5.69 Å². The number of rotatable bonds is 3. The predicted octanol–water partition coefficient (Wildman–Crippen LogP) is 3.14. The number of benzene rings is 1. The highest BCUT2D eigenvalue weighted by Gasteiger charge is 2.13. The Kier molecular flexibility index (Phi) is 2.79. The van der Waals surface area contributed by atoms with E-state index in [9.17, 15) is 0 Å². The molecule has 5 nitrogen and oxygen atoms in total. The van der Waals surface area contributed by atoms with Crippen molar-refractivity contribution in [1.82, 2.24) is 10.1 Å². The van der Waals surface area contributed by atoms with E-state index in [1.165, 1.54) is 0 Å². The van der Waals surface area contributed by atoms with Crippen molar-refractivity contribution in [3.05, 3.63) is 42.2 Å². The summed E-state index contributed by atoms with van der Waals surface area (Å²) in [5, 5.41) is 3.94. The van der Waals surface area contributed by atoms with Crippen molar-refractivity contribution in [1.29, 1.82) is 0 Å². The number of anilines is 1. The molecule has 0 aliphatic carbocycles. The third kappa shape index (κ3) is 2.22. The molecule has 0 atom stereocenters. The second kappa shape index (κ2) is 4.61. The molecule has 0 radical (unpaired) electrons. The summed E-state index contributed by atoms with van der Waals surface area (Å²) in [4.78, 5) is 4.32. The minimum atomic E-state index is 0.381. The van der Waals surface area contributed by atoms with Gasteiger partial charge in [-0.1, -0.05) is 12.1 Å². The Morgan fingerprint density at radius 1 is 1.11 bits per heavy atom. The maximum atomic E-state index is 5.64. The quantitative estimate of drug-likeness (QED) is 0.727. The van der Waals surface area contributed by atoms with Crippen LogP contribution in [0.2, 0.25) is 0 Å². The fourth-order valence-corrected chi connectivity index (χ4v) is 1.76. The van der Waals surface area contributed by atoms with Crippen molar-refractivity contribution in [2.24, 2.45) is 0 Å². The molecule has 0 fully saturated rings. The van der Waals surface area contributed by atoms with E-state index < -0.39 is 0 Å². The van der Waals surface area contributed by atoms with E-state index in [1.54, 1.807) is 12.1 Å². The minimum absolute atomic E-state index is 0.381. The van der Waals surface area contributed by atoms with Crippen LogP contribution in [0, 0.1) is 0 Å². The van der Waals surface area contributed by atoms with Crippen LogP contribution in [0.25, 0.3) is 23.0 Å². The van der Waals surface area contributed by atoms with Crippen LogP contribution in [-0.2, 0) is 6.42 Å². The molecule has 2 aromatic heterocycles. The van der Waals surface area contributed by atoms with Crippen molar-refractivity contribution in [2.75, 3.05) is 5.73 Å². The maximum absolute atomic E-state index is 5.64. The first-order valence-corrected chi connectivity index (χ1v) is 6.05. The van der Waals surface area contributed by atoms with E-state index in [0.29, 0.717) is 23.2 Å². The summed E-state index contributed by atoms with van der Waals surface area (Å²) in [6.07, 6.45) is 0.832. The summed E-state index contributed by atoms with van der Waals surface area (Å²) in [6, 6.07) is 11.0. The van der Waals surface area contributed by atoms with Crippen LogP contribution >= 0.6 is 0 Å². The van der Waals surface area contributed by atoms with Gasteiger partial charge in [0.15, 0.2) is 5.76 Å². The largest absolute Gasteiger partial charge is 0.456 e. The molecule has 3 aromatic rings. The number of hydrogen-bond acceptors (Lipinski definition) is 5. The molecule has 0 amide bonds. The van der Waals surface area contributed by atoms with Crippen LogP contribution < -0.4 is 5.73 Å². The molecule has 0 spiro atoms. The van der Waals surface area contributed by atoms with E-state index in [1.807, 2.05) is 31.2 Å². The van der Waals surface area contributed by atoms with Crippen molar-refractivity contribution >= 4 is 5.69 Å². The molecule has 0 bridgehead atoms. The lowest BCUT2D eigenvalue weighted by Crippen LogP contribution is -1.85. The first-order chi connectivity index (χ1) is 9.26. The first-order valence-electron chi connectivity index (χ1n) is 6.05. The Balaban J connectivity index is 1.92. The van der Waals surface area contributed by atoms with Crippen molar-refractivity contribution < 1.29 is 8.94 Å². The molecule has 2 N–H and O–H groups in total. The van der Waals surface area contributed by atoms with E-state index in [2.05, 4.69) is 10.1 Å². The van der Waals surface area contributed by atoms with Gasteiger partial charge in [-0.25, -0.2) is 0 Å². The topological polar surface area (TPSA) is 78.1 Å². The van der Waals surface area contributed by atoms with Crippen LogP contribution in [0.15, 0.2) is 45.3 Å². The maximum Gasteiger partial charge on any atom is 0.293 e. The molecular weight excluding hydrogens is 242 g/mol. The predicted molar refractivity (Wildman–Crippen MR) is 71.2 cm³/mol. The zero-order valence-electron chi connectivity index (χ0n) is 10.5. The summed E-state index contributed by atoms with van der Waals surface area (Å²) in [7, 11) is 0. The average Bonchev–Trinajstić information content (AvgIpc) is 3.08. The monoisotopic (exact) mass is 255 g/mol. The third-order valence-electron chi connectivity index (χ3n) is 2.82. The van der Waals surface area contributed by atoms with Gasteiger partial charge in [0.2, 0.25) is 5.82 Å². The smallest absolute Gasteiger partial charge is 0.293 e. The fourth-order valence-electron chi connectivity index (χ4n) is 1.76. The van der Waals surface area contributed by atoms with Crippen LogP contribution in [0.1, 0.15) is 12.7 Å². The summed E-state index contributed by atoms with van der Waals surface area (Å²) in [5.41, 5.74) is 7.19. The third-order valence-corrected chi connectivity index (χ3v) is 2.82. The molecule has 0 saturated carbocycles. The van der Waals surface area contributed by atoms with Crippen molar-refractivity contribution in [3.8, 4) is 23.0 Å². The molecule has 0 unspecified atom stereocenters. The number of furan rings is 1. The molecule has 0 aliphatic heterocycles. The highest BCUT2D eigenvalue weighted by Crippen LogP contribution is 2.24. The highest BCUT2D eigenvalue weighted by atomic mass is 16.5. The molecule has 2 heterocycles. The molecule has 1 aromatic carbocycles. The molecule has 96 valence electrons. The van der Waals surface area contributed by atoms with Crippen LogP contribution in [0.5, 0.6) is 0 Å². The number of nitrogen functional groups attached to an aromatic ring is 1. The summed E-state index contributed by atoms with van der Waals surface area (Å²) in [5.74, 6) is 2.38. The standard InChI is InChI=1S/C14H13N3O2/c1-2-11-7-8-12(18-11)14-16-13(17-19-14)9-3-5-10(15)6-4-9/h3-8H,2,15H2,1H3. The number of nitrogens with zero attached hydrogens (tertiary/aromatic N) is 2. The lowest BCUT2D eigenvalue weighted by atomic mass is 10.2. The van der Waals surface area contributed by atoms with Gasteiger partial charge in [0, 0.05) is 17.7 Å². The van der Waals surface area contributed by atoms with Crippen LogP contribution in [-0.4, -0.2) is 10.1 Å². The zero-order chi connectivity index (χ0) is 13.2. The van der Waals surface area contributed by atoms with Gasteiger partial charge >= 0.3 is 0 Å². The van der Waals surface area contributed by atoms with Gasteiger partial charge in [0.1, 0.15) is 5.76 Å². The van der Waals surface area contributed by atoms with Gasteiger partial charge in [0.05, 0.1) is 0 Å². The van der Waals surface area contributed by atoms with Gasteiger partial charge in [0.25, 0.3) is 5.89 Å². The second-order valence-corrected chi connectivity index (χ2v) is 4.16. The molecule has 3 rings (SSSR count). The van der Waals surface area contributed by atoms with E-state index in [0.717, 1.165) is 17.7 Å². The minimum Gasteiger partial charge on any atom is -0.456 e. The molecule has 0 aliphatic rings. The summed E-state index contributed by atoms with van der Waals surface area (Å²) >= 11 is 0. The van der Waals surface area contributed by atoms with Gasteiger partial charge in [-0.2, -0.15) is 4.98 Å². The number of nitrogens with two attached hydrogens (primary N) is 1. The summed E-state index contributed by atoms with van der Waals surface area (Å²) in [6.45, 7) is 2.02.